The van der Waals surface area contributed by atoms with Crippen molar-refractivity contribution in [3.63, 3.8) is 0 Å². The van der Waals surface area contributed by atoms with Crippen molar-refractivity contribution in [3.05, 3.63) is 112 Å². The van der Waals surface area contributed by atoms with E-state index in [4.69, 9.17) is 4.98 Å². The first-order chi connectivity index (χ1) is 15.7. The topological polar surface area (TPSA) is 46.9 Å². The van der Waals surface area contributed by atoms with Gasteiger partial charge in [-0.1, -0.05) is 76.6 Å². The highest BCUT2D eigenvalue weighted by molar-refractivity contribution is 9.10. The molecule has 0 radical (unpaired) electrons. The van der Waals surface area contributed by atoms with E-state index in [0.29, 0.717) is 18.5 Å². The first-order valence-corrected chi connectivity index (χ1v) is 11.4. The Hall–Kier alpha value is -3.44. The number of aromatic nitrogens is 2. The second-order valence-corrected chi connectivity index (χ2v) is 8.67. The SMILES string of the molecule is O=C(NCCc1nc2ccccc2n1Cc1cccc2ccccc12)c1cccc(Br)c1. The molecule has 1 aromatic heterocycles. The lowest BCUT2D eigenvalue weighted by molar-refractivity contribution is 0.0954. The van der Waals surface area contributed by atoms with Crippen LogP contribution in [-0.2, 0) is 13.0 Å². The molecule has 0 saturated heterocycles. The molecular formula is C27H22BrN3O. The summed E-state index contributed by atoms with van der Waals surface area (Å²) in [6.07, 6.45) is 0.652. The third-order valence-electron chi connectivity index (χ3n) is 5.66. The summed E-state index contributed by atoms with van der Waals surface area (Å²) in [5.41, 5.74) is 3.98. The van der Waals surface area contributed by atoms with Gasteiger partial charge in [-0.15, -0.1) is 0 Å². The van der Waals surface area contributed by atoms with Crippen LogP contribution in [-0.4, -0.2) is 22.0 Å². The van der Waals surface area contributed by atoms with Crippen LogP contribution in [0.5, 0.6) is 0 Å². The molecule has 0 aliphatic heterocycles. The molecule has 5 heteroatoms. The van der Waals surface area contributed by atoms with Gasteiger partial charge in [-0.3, -0.25) is 4.79 Å². The van der Waals surface area contributed by atoms with E-state index in [1.165, 1.54) is 16.3 Å². The van der Waals surface area contributed by atoms with Gasteiger partial charge in [-0.25, -0.2) is 4.98 Å². The van der Waals surface area contributed by atoms with Crippen molar-refractivity contribution in [2.75, 3.05) is 6.54 Å². The first-order valence-electron chi connectivity index (χ1n) is 10.6. The molecular weight excluding hydrogens is 462 g/mol. The fourth-order valence-electron chi connectivity index (χ4n) is 4.11. The predicted octanol–water partition coefficient (Wildman–Crippen LogP) is 5.97. The van der Waals surface area contributed by atoms with Crippen LogP contribution in [0.3, 0.4) is 0 Å². The molecule has 158 valence electrons. The van der Waals surface area contributed by atoms with E-state index in [-0.39, 0.29) is 5.91 Å². The third-order valence-corrected chi connectivity index (χ3v) is 6.16. The molecule has 5 rings (SSSR count). The number of rotatable bonds is 6. The molecule has 0 aliphatic rings. The maximum Gasteiger partial charge on any atom is 0.251 e. The van der Waals surface area contributed by atoms with E-state index in [1.807, 2.05) is 42.5 Å². The predicted molar refractivity (Wildman–Crippen MR) is 133 cm³/mol. The van der Waals surface area contributed by atoms with Gasteiger partial charge < -0.3 is 9.88 Å². The molecule has 0 bridgehead atoms. The van der Waals surface area contributed by atoms with Crippen molar-refractivity contribution >= 4 is 43.6 Å². The number of halogens is 1. The highest BCUT2D eigenvalue weighted by atomic mass is 79.9. The monoisotopic (exact) mass is 483 g/mol. The van der Waals surface area contributed by atoms with E-state index in [9.17, 15) is 4.79 Å². The fourth-order valence-corrected chi connectivity index (χ4v) is 4.51. The van der Waals surface area contributed by atoms with Crippen LogP contribution in [0, 0.1) is 0 Å². The molecule has 4 aromatic carbocycles. The molecule has 0 saturated carbocycles. The standard InChI is InChI=1S/C27H22BrN3O/c28-22-11-6-9-20(17-22)27(32)29-16-15-26-30-24-13-3-4-14-25(24)31(26)18-21-10-5-8-19-7-1-2-12-23(19)21/h1-14,17H,15-16,18H2,(H,29,32). The minimum Gasteiger partial charge on any atom is -0.352 e. The van der Waals surface area contributed by atoms with Crippen LogP contribution in [0.4, 0.5) is 0 Å². The highest BCUT2D eigenvalue weighted by Crippen LogP contribution is 2.23. The average Bonchev–Trinajstić information content (AvgIpc) is 3.16. The second-order valence-electron chi connectivity index (χ2n) is 7.76. The molecule has 0 fully saturated rings. The van der Waals surface area contributed by atoms with E-state index < -0.39 is 0 Å². The first kappa shape index (κ1) is 20.5. The van der Waals surface area contributed by atoms with Crippen molar-refractivity contribution in [2.45, 2.75) is 13.0 Å². The molecule has 0 aliphatic carbocycles. The summed E-state index contributed by atoms with van der Waals surface area (Å²) in [5, 5.41) is 5.51. The van der Waals surface area contributed by atoms with Gasteiger partial charge in [0.05, 0.1) is 11.0 Å². The zero-order chi connectivity index (χ0) is 21.9. The summed E-state index contributed by atoms with van der Waals surface area (Å²) in [5.74, 6) is 0.886. The number of hydrogen-bond acceptors (Lipinski definition) is 2. The molecule has 32 heavy (non-hydrogen) atoms. The summed E-state index contributed by atoms with van der Waals surface area (Å²) in [7, 11) is 0. The van der Waals surface area contributed by atoms with Crippen LogP contribution in [0.25, 0.3) is 21.8 Å². The van der Waals surface area contributed by atoms with E-state index >= 15 is 0 Å². The Morgan fingerprint density at radius 1 is 0.906 bits per heavy atom. The number of nitrogens with one attached hydrogen (secondary N) is 1. The van der Waals surface area contributed by atoms with Crippen LogP contribution in [0.2, 0.25) is 0 Å². The number of carbonyl (C=O) groups excluding carboxylic acids is 1. The van der Waals surface area contributed by atoms with E-state index in [0.717, 1.165) is 27.9 Å². The second kappa shape index (κ2) is 8.97. The summed E-state index contributed by atoms with van der Waals surface area (Å²) < 4.78 is 3.16. The number of amides is 1. The normalized spacial score (nSPS) is 11.2. The van der Waals surface area contributed by atoms with Gasteiger partial charge in [-0.2, -0.15) is 0 Å². The van der Waals surface area contributed by atoms with Gasteiger partial charge in [0.2, 0.25) is 0 Å². The Morgan fingerprint density at radius 3 is 2.59 bits per heavy atom. The molecule has 1 heterocycles. The minimum absolute atomic E-state index is 0.0805. The zero-order valence-electron chi connectivity index (χ0n) is 17.5. The van der Waals surface area contributed by atoms with E-state index in [1.54, 1.807) is 0 Å². The smallest absolute Gasteiger partial charge is 0.251 e. The van der Waals surface area contributed by atoms with Crippen molar-refractivity contribution in [1.29, 1.82) is 0 Å². The Morgan fingerprint density at radius 2 is 1.69 bits per heavy atom. The number of nitrogens with zero attached hydrogens (tertiary/aromatic N) is 2. The number of fused-ring (bicyclic) bond motifs is 2. The number of para-hydroxylation sites is 2. The van der Waals surface area contributed by atoms with Crippen molar-refractivity contribution in [1.82, 2.24) is 14.9 Å². The fraction of sp³-hybridized carbons (Fsp3) is 0.111. The van der Waals surface area contributed by atoms with Crippen LogP contribution in [0.1, 0.15) is 21.7 Å². The summed E-state index contributed by atoms with van der Waals surface area (Å²) in [6.45, 7) is 1.25. The Kier molecular flexibility index (Phi) is 5.73. The molecule has 4 nitrogen and oxygen atoms in total. The number of carbonyl (C=O) groups is 1. The lowest BCUT2D eigenvalue weighted by Gasteiger charge is -2.12. The van der Waals surface area contributed by atoms with Crippen LogP contribution >= 0.6 is 15.9 Å². The quantitative estimate of drug-likeness (QED) is 0.323. The van der Waals surface area contributed by atoms with Gasteiger partial charge in [0, 0.05) is 29.5 Å². The highest BCUT2D eigenvalue weighted by Gasteiger charge is 2.13. The number of benzene rings is 4. The average molecular weight is 484 g/mol. The number of imidazole rings is 1. The summed E-state index contributed by atoms with van der Waals surface area (Å²) >= 11 is 3.42. The molecule has 0 spiro atoms. The Balaban J connectivity index is 1.41. The third kappa shape index (κ3) is 4.16. The summed E-state index contributed by atoms with van der Waals surface area (Å²) in [6, 6.07) is 30.5. The van der Waals surface area contributed by atoms with Crippen LogP contribution in [0.15, 0.2) is 95.5 Å². The minimum atomic E-state index is -0.0805. The van der Waals surface area contributed by atoms with Gasteiger partial charge in [0.1, 0.15) is 5.82 Å². The molecule has 1 amide bonds. The van der Waals surface area contributed by atoms with Gasteiger partial charge in [0.25, 0.3) is 5.91 Å². The van der Waals surface area contributed by atoms with E-state index in [2.05, 4.69) is 74.3 Å². The van der Waals surface area contributed by atoms with Gasteiger partial charge in [-0.05, 0) is 46.7 Å². The Labute approximate surface area is 195 Å². The zero-order valence-corrected chi connectivity index (χ0v) is 19.0. The van der Waals surface area contributed by atoms with Crippen molar-refractivity contribution in [2.24, 2.45) is 0 Å². The lowest BCUT2D eigenvalue weighted by atomic mass is 10.0. The van der Waals surface area contributed by atoms with Crippen molar-refractivity contribution in [3.8, 4) is 0 Å². The van der Waals surface area contributed by atoms with Gasteiger partial charge in [0.15, 0.2) is 0 Å². The maximum absolute atomic E-state index is 12.5. The largest absolute Gasteiger partial charge is 0.352 e. The molecule has 1 N–H and O–H groups in total. The van der Waals surface area contributed by atoms with Gasteiger partial charge >= 0.3 is 0 Å². The molecule has 5 aromatic rings. The Bertz CT molecular complexity index is 1420. The van der Waals surface area contributed by atoms with Crippen LogP contribution < -0.4 is 5.32 Å². The molecule has 0 unspecified atom stereocenters. The maximum atomic E-state index is 12.5. The number of hydrogen-bond donors (Lipinski definition) is 1. The summed E-state index contributed by atoms with van der Waals surface area (Å²) in [4.78, 5) is 17.4. The van der Waals surface area contributed by atoms with Crippen molar-refractivity contribution < 1.29 is 4.79 Å². The lowest BCUT2D eigenvalue weighted by Crippen LogP contribution is -2.26. The molecule has 0 atom stereocenters.